The minimum absolute atomic E-state index is 0.00373. The summed E-state index contributed by atoms with van der Waals surface area (Å²) >= 11 is 5.91. The van der Waals surface area contributed by atoms with Crippen LogP contribution in [0.3, 0.4) is 0 Å². The Morgan fingerprint density at radius 3 is 2.53 bits per heavy atom. The van der Waals surface area contributed by atoms with Crippen LogP contribution in [0.1, 0.15) is 24.8 Å². The second kappa shape index (κ2) is 6.39. The molecule has 0 aliphatic carbocycles. The van der Waals surface area contributed by atoms with E-state index in [9.17, 15) is 4.79 Å². The van der Waals surface area contributed by atoms with Crippen molar-refractivity contribution in [2.24, 2.45) is 0 Å². The summed E-state index contributed by atoms with van der Waals surface area (Å²) in [6.07, 6.45) is 0.760. The molecule has 1 unspecified atom stereocenters. The van der Waals surface area contributed by atoms with Gasteiger partial charge in [-0.3, -0.25) is 4.79 Å². The summed E-state index contributed by atoms with van der Waals surface area (Å²) in [7, 11) is 0. The van der Waals surface area contributed by atoms with Crippen molar-refractivity contribution in [3.8, 4) is 0 Å². The molecule has 0 aromatic heterocycles. The second-order valence-electron chi connectivity index (χ2n) is 4.37. The van der Waals surface area contributed by atoms with Gasteiger partial charge in [-0.25, -0.2) is 0 Å². The molecule has 0 saturated heterocycles. The zero-order valence-corrected chi connectivity index (χ0v) is 11.5. The van der Waals surface area contributed by atoms with Crippen molar-refractivity contribution in [2.75, 3.05) is 5.32 Å². The molecular formula is C16H16ClNO. The number of halogens is 1. The van der Waals surface area contributed by atoms with E-state index < -0.39 is 0 Å². The minimum Gasteiger partial charge on any atom is -0.326 e. The van der Waals surface area contributed by atoms with E-state index in [1.807, 2.05) is 49.4 Å². The molecule has 98 valence electrons. The van der Waals surface area contributed by atoms with Gasteiger partial charge in [-0.15, -0.1) is 0 Å². The van der Waals surface area contributed by atoms with Crippen LogP contribution in [0.25, 0.3) is 0 Å². The normalized spacial score (nSPS) is 11.9. The van der Waals surface area contributed by atoms with E-state index in [0.717, 1.165) is 17.7 Å². The number of hydrogen-bond acceptors (Lipinski definition) is 1. The Hall–Kier alpha value is -1.80. The first-order valence-corrected chi connectivity index (χ1v) is 6.70. The third-order valence-electron chi connectivity index (χ3n) is 3.02. The number of anilines is 1. The Labute approximate surface area is 118 Å². The number of carbonyl (C=O) groups is 1. The van der Waals surface area contributed by atoms with E-state index in [0.29, 0.717) is 5.02 Å². The van der Waals surface area contributed by atoms with Crippen LogP contribution in [0.2, 0.25) is 5.02 Å². The molecule has 0 spiro atoms. The monoisotopic (exact) mass is 273 g/mol. The average Bonchev–Trinajstić information content (AvgIpc) is 2.41. The van der Waals surface area contributed by atoms with Gasteiger partial charge in [-0.1, -0.05) is 54.9 Å². The molecule has 1 amide bonds. The number of amides is 1. The quantitative estimate of drug-likeness (QED) is 0.875. The molecule has 0 aliphatic heterocycles. The summed E-state index contributed by atoms with van der Waals surface area (Å²) in [5, 5.41) is 3.53. The number of nitrogens with one attached hydrogen (secondary N) is 1. The van der Waals surface area contributed by atoms with E-state index in [-0.39, 0.29) is 11.8 Å². The summed E-state index contributed by atoms with van der Waals surface area (Å²) in [6, 6.07) is 17.0. The van der Waals surface area contributed by atoms with Gasteiger partial charge in [-0.2, -0.15) is 0 Å². The van der Waals surface area contributed by atoms with Gasteiger partial charge in [0.15, 0.2) is 0 Å². The Bertz CT molecular complexity index is 554. The van der Waals surface area contributed by atoms with Crippen molar-refractivity contribution in [1.29, 1.82) is 0 Å². The molecule has 1 atom stereocenters. The van der Waals surface area contributed by atoms with Crippen molar-refractivity contribution in [3.63, 3.8) is 0 Å². The van der Waals surface area contributed by atoms with Crippen LogP contribution in [-0.2, 0) is 4.79 Å². The summed E-state index contributed by atoms with van der Waals surface area (Å²) in [5.74, 6) is -0.142. The van der Waals surface area contributed by atoms with Crippen molar-refractivity contribution >= 4 is 23.2 Å². The maximum atomic E-state index is 12.3. The lowest BCUT2D eigenvalue weighted by Gasteiger charge is -2.15. The smallest absolute Gasteiger partial charge is 0.231 e. The first-order valence-electron chi connectivity index (χ1n) is 6.32. The van der Waals surface area contributed by atoms with Crippen LogP contribution < -0.4 is 5.32 Å². The standard InChI is InChI=1S/C16H16ClNO/c1-2-15(12-7-4-3-5-8-12)16(19)18-14-10-6-9-13(17)11-14/h3-11,15H,2H2,1H3,(H,18,19). The molecule has 1 N–H and O–H groups in total. The largest absolute Gasteiger partial charge is 0.326 e. The third-order valence-corrected chi connectivity index (χ3v) is 3.25. The van der Waals surface area contributed by atoms with Crippen LogP contribution >= 0.6 is 11.6 Å². The zero-order chi connectivity index (χ0) is 13.7. The molecule has 0 heterocycles. The van der Waals surface area contributed by atoms with Gasteiger partial charge >= 0.3 is 0 Å². The van der Waals surface area contributed by atoms with Gasteiger partial charge in [0.05, 0.1) is 5.92 Å². The zero-order valence-electron chi connectivity index (χ0n) is 10.8. The summed E-state index contributed by atoms with van der Waals surface area (Å²) < 4.78 is 0. The van der Waals surface area contributed by atoms with Crippen LogP contribution in [0.15, 0.2) is 54.6 Å². The Balaban J connectivity index is 2.14. The van der Waals surface area contributed by atoms with Gasteiger partial charge in [0.25, 0.3) is 0 Å². The number of carbonyl (C=O) groups excluding carboxylic acids is 1. The van der Waals surface area contributed by atoms with Gasteiger partial charge in [-0.05, 0) is 30.2 Å². The van der Waals surface area contributed by atoms with Crippen LogP contribution in [-0.4, -0.2) is 5.91 Å². The third kappa shape index (κ3) is 3.58. The highest BCUT2D eigenvalue weighted by Gasteiger charge is 2.18. The van der Waals surface area contributed by atoms with E-state index in [1.54, 1.807) is 12.1 Å². The Morgan fingerprint density at radius 1 is 1.16 bits per heavy atom. The maximum absolute atomic E-state index is 12.3. The Morgan fingerprint density at radius 2 is 1.89 bits per heavy atom. The van der Waals surface area contributed by atoms with Crippen LogP contribution in [0, 0.1) is 0 Å². The molecule has 0 aliphatic rings. The second-order valence-corrected chi connectivity index (χ2v) is 4.81. The molecule has 2 nitrogen and oxygen atoms in total. The molecule has 2 aromatic carbocycles. The van der Waals surface area contributed by atoms with Crippen LogP contribution in [0.5, 0.6) is 0 Å². The lowest BCUT2D eigenvalue weighted by molar-refractivity contribution is -0.117. The van der Waals surface area contributed by atoms with E-state index in [2.05, 4.69) is 5.32 Å². The fourth-order valence-electron chi connectivity index (χ4n) is 2.05. The minimum atomic E-state index is -0.139. The average molecular weight is 274 g/mol. The fourth-order valence-corrected chi connectivity index (χ4v) is 2.24. The highest BCUT2D eigenvalue weighted by Crippen LogP contribution is 2.22. The summed E-state index contributed by atoms with van der Waals surface area (Å²) in [5.41, 5.74) is 1.76. The molecule has 2 rings (SSSR count). The molecule has 0 saturated carbocycles. The van der Waals surface area contributed by atoms with Crippen molar-refractivity contribution in [2.45, 2.75) is 19.3 Å². The lowest BCUT2D eigenvalue weighted by Crippen LogP contribution is -2.20. The van der Waals surface area contributed by atoms with E-state index >= 15 is 0 Å². The molecule has 0 radical (unpaired) electrons. The molecule has 0 bridgehead atoms. The van der Waals surface area contributed by atoms with E-state index in [4.69, 9.17) is 11.6 Å². The first-order chi connectivity index (χ1) is 9.20. The van der Waals surface area contributed by atoms with Crippen molar-refractivity contribution < 1.29 is 4.79 Å². The molecular weight excluding hydrogens is 258 g/mol. The Kier molecular flexibility index (Phi) is 4.58. The SMILES string of the molecule is CCC(C(=O)Nc1cccc(Cl)c1)c1ccccc1. The predicted molar refractivity (Wildman–Crippen MR) is 79.6 cm³/mol. The topological polar surface area (TPSA) is 29.1 Å². The van der Waals surface area contributed by atoms with Crippen molar-refractivity contribution in [1.82, 2.24) is 0 Å². The highest BCUT2D eigenvalue weighted by atomic mass is 35.5. The van der Waals surface area contributed by atoms with Gasteiger partial charge in [0.1, 0.15) is 0 Å². The lowest BCUT2D eigenvalue weighted by atomic mass is 9.95. The van der Waals surface area contributed by atoms with Gasteiger partial charge < -0.3 is 5.32 Å². The summed E-state index contributed by atoms with van der Waals surface area (Å²) in [6.45, 7) is 2.01. The molecule has 3 heteroatoms. The molecule has 0 fully saturated rings. The number of rotatable bonds is 4. The maximum Gasteiger partial charge on any atom is 0.231 e. The number of hydrogen-bond donors (Lipinski definition) is 1. The highest BCUT2D eigenvalue weighted by molar-refractivity contribution is 6.30. The van der Waals surface area contributed by atoms with Gasteiger partial charge in [0, 0.05) is 10.7 Å². The molecule has 19 heavy (non-hydrogen) atoms. The summed E-state index contributed by atoms with van der Waals surface area (Å²) in [4.78, 5) is 12.3. The first kappa shape index (κ1) is 13.6. The van der Waals surface area contributed by atoms with Gasteiger partial charge in [0.2, 0.25) is 5.91 Å². The fraction of sp³-hybridized carbons (Fsp3) is 0.188. The number of benzene rings is 2. The van der Waals surface area contributed by atoms with Crippen LogP contribution in [0.4, 0.5) is 5.69 Å². The van der Waals surface area contributed by atoms with E-state index in [1.165, 1.54) is 0 Å². The predicted octanol–water partition coefficient (Wildman–Crippen LogP) is 4.47. The molecule has 2 aromatic rings. The van der Waals surface area contributed by atoms with Crippen molar-refractivity contribution in [3.05, 3.63) is 65.2 Å².